The lowest BCUT2D eigenvalue weighted by Gasteiger charge is -2.23. The van der Waals surface area contributed by atoms with Crippen molar-refractivity contribution in [1.82, 2.24) is 14.7 Å². The third kappa shape index (κ3) is 5.72. The molecule has 0 saturated carbocycles. The van der Waals surface area contributed by atoms with E-state index in [0.717, 1.165) is 27.9 Å². The summed E-state index contributed by atoms with van der Waals surface area (Å²) < 4.78 is 19.5. The number of aromatic nitrogens is 2. The second kappa shape index (κ2) is 12.4. The SMILES string of the molecule is O=C(CC(c1ccc2c(c1)OCO2)c1cnc2c(OCc3ccccc3)cccn12)NC(c1ccccc1)c1ccccc1. The Morgan fingerprint density at radius 1 is 0.795 bits per heavy atom. The number of carbonyl (C=O) groups is 1. The van der Waals surface area contributed by atoms with Gasteiger partial charge < -0.3 is 23.9 Å². The largest absolute Gasteiger partial charge is 0.485 e. The van der Waals surface area contributed by atoms with Gasteiger partial charge >= 0.3 is 0 Å². The number of rotatable bonds is 10. The highest BCUT2D eigenvalue weighted by Gasteiger charge is 2.27. The van der Waals surface area contributed by atoms with Gasteiger partial charge in [0.15, 0.2) is 22.9 Å². The number of nitrogens with one attached hydrogen (secondary N) is 1. The molecule has 1 amide bonds. The van der Waals surface area contributed by atoms with Crippen molar-refractivity contribution in [1.29, 1.82) is 0 Å². The van der Waals surface area contributed by atoms with Gasteiger partial charge in [-0.1, -0.05) is 97.1 Å². The summed E-state index contributed by atoms with van der Waals surface area (Å²) in [4.78, 5) is 18.7. The summed E-state index contributed by atoms with van der Waals surface area (Å²) in [5.41, 5.74) is 5.59. The van der Waals surface area contributed by atoms with Crippen LogP contribution in [0.3, 0.4) is 0 Å². The van der Waals surface area contributed by atoms with Gasteiger partial charge in [0, 0.05) is 24.7 Å². The maximum absolute atomic E-state index is 14.0. The number of pyridine rings is 1. The molecular weight excluding hydrogens is 550 g/mol. The Balaban J connectivity index is 1.22. The number of carbonyl (C=O) groups excluding carboxylic acids is 1. The van der Waals surface area contributed by atoms with Gasteiger partial charge in [-0.05, 0) is 46.5 Å². The predicted molar refractivity (Wildman–Crippen MR) is 168 cm³/mol. The van der Waals surface area contributed by atoms with Gasteiger partial charge in [0.1, 0.15) is 6.61 Å². The fourth-order valence-corrected chi connectivity index (χ4v) is 5.69. The first kappa shape index (κ1) is 27.3. The zero-order valence-corrected chi connectivity index (χ0v) is 24.0. The first-order valence-corrected chi connectivity index (χ1v) is 14.6. The van der Waals surface area contributed by atoms with Crippen LogP contribution in [0.4, 0.5) is 0 Å². The van der Waals surface area contributed by atoms with Crippen molar-refractivity contribution in [2.45, 2.75) is 25.0 Å². The molecule has 7 rings (SSSR count). The van der Waals surface area contributed by atoms with E-state index in [9.17, 15) is 4.79 Å². The average molecular weight is 582 g/mol. The molecule has 0 aliphatic carbocycles. The van der Waals surface area contributed by atoms with E-state index >= 15 is 0 Å². The standard InChI is InChI=1S/C37H31N3O4/c41-35(39-36(27-13-6-2-7-14-27)28-15-8-3-9-16-28)22-30(29-18-19-32-34(21-29)44-25-43-32)31-23-38-37-33(17-10-20-40(31)37)42-24-26-11-4-1-5-12-26/h1-21,23,30,36H,22,24-25H2,(H,39,41). The molecule has 1 unspecified atom stereocenters. The molecule has 7 nitrogen and oxygen atoms in total. The Morgan fingerprint density at radius 3 is 2.20 bits per heavy atom. The number of fused-ring (bicyclic) bond motifs is 2. The highest BCUT2D eigenvalue weighted by atomic mass is 16.7. The van der Waals surface area contributed by atoms with E-state index in [1.54, 1.807) is 0 Å². The zero-order chi connectivity index (χ0) is 29.7. The highest BCUT2D eigenvalue weighted by molar-refractivity contribution is 5.79. The Kier molecular flexibility index (Phi) is 7.66. The van der Waals surface area contributed by atoms with Crippen LogP contribution in [-0.2, 0) is 11.4 Å². The number of hydrogen-bond donors (Lipinski definition) is 1. The van der Waals surface area contributed by atoms with E-state index in [1.807, 2.05) is 138 Å². The number of nitrogens with zero attached hydrogens (tertiary/aromatic N) is 2. The fourth-order valence-electron chi connectivity index (χ4n) is 5.69. The Bertz CT molecular complexity index is 1830. The van der Waals surface area contributed by atoms with Crippen molar-refractivity contribution in [2.75, 3.05) is 6.79 Å². The van der Waals surface area contributed by atoms with Crippen LogP contribution in [0.5, 0.6) is 17.2 Å². The molecule has 2 aromatic heterocycles. The molecule has 0 bridgehead atoms. The van der Waals surface area contributed by atoms with Gasteiger partial charge in [-0.15, -0.1) is 0 Å². The maximum atomic E-state index is 14.0. The van der Waals surface area contributed by atoms with Gasteiger partial charge in [-0.3, -0.25) is 4.79 Å². The second-order valence-electron chi connectivity index (χ2n) is 10.7. The second-order valence-corrected chi connectivity index (χ2v) is 10.7. The molecule has 44 heavy (non-hydrogen) atoms. The minimum Gasteiger partial charge on any atom is -0.485 e. The summed E-state index contributed by atoms with van der Waals surface area (Å²) in [5.74, 6) is 1.62. The van der Waals surface area contributed by atoms with Crippen LogP contribution in [0.15, 0.2) is 134 Å². The Morgan fingerprint density at radius 2 is 1.48 bits per heavy atom. The third-order valence-corrected chi connectivity index (χ3v) is 7.88. The number of imidazole rings is 1. The van der Waals surface area contributed by atoms with Crippen LogP contribution in [0, 0.1) is 0 Å². The minimum absolute atomic E-state index is 0.0863. The molecule has 7 heteroatoms. The molecule has 1 aliphatic heterocycles. The van der Waals surface area contributed by atoms with E-state index < -0.39 is 0 Å². The summed E-state index contributed by atoms with van der Waals surface area (Å²) >= 11 is 0. The monoisotopic (exact) mass is 581 g/mol. The number of benzene rings is 4. The molecule has 0 saturated heterocycles. The quantitative estimate of drug-likeness (QED) is 0.187. The Hall–Kier alpha value is -5.56. The first-order chi connectivity index (χ1) is 21.7. The summed E-state index contributed by atoms with van der Waals surface area (Å²) in [7, 11) is 0. The molecule has 0 fully saturated rings. The number of ether oxygens (including phenoxy) is 3. The summed E-state index contributed by atoms with van der Waals surface area (Å²) in [6, 6.07) is 39.5. The fraction of sp³-hybridized carbons (Fsp3) is 0.135. The van der Waals surface area contributed by atoms with Crippen LogP contribution < -0.4 is 19.5 Å². The molecule has 3 heterocycles. The molecule has 1 atom stereocenters. The molecule has 218 valence electrons. The molecule has 1 N–H and O–H groups in total. The average Bonchev–Trinajstić information content (AvgIpc) is 3.74. The zero-order valence-electron chi connectivity index (χ0n) is 24.0. The van der Waals surface area contributed by atoms with Gasteiger partial charge in [-0.2, -0.15) is 0 Å². The highest BCUT2D eigenvalue weighted by Crippen LogP contribution is 2.38. The lowest BCUT2D eigenvalue weighted by Crippen LogP contribution is -2.30. The Labute approximate surface area is 255 Å². The number of hydrogen-bond acceptors (Lipinski definition) is 5. The summed E-state index contributed by atoms with van der Waals surface area (Å²) in [6.45, 7) is 0.606. The van der Waals surface area contributed by atoms with Crippen molar-refractivity contribution < 1.29 is 19.0 Å². The molecule has 0 radical (unpaired) electrons. The molecule has 1 aliphatic rings. The van der Waals surface area contributed by atoms with E-state index in [2.05, 4.69) is 5.32 Å². The van der Waals surface area contributed by atoms with Gasteiger partial charge in [0.25, 0.3) is 0 Å². The molecule has 4 aromatic carbocycles. The van der Waals surface area contributed by atoms with Crippen LogP contribution >= 0.6 is 0 Å². The van der Waals surface area contributed by atoms with E-state index in [-0.39, 0.29) is 31.1 Å². The van der Waals surface area contributed by atoms with Gasteiger partial charge in [0.2, 0.25) is 12.7 Å². The van der Waals surface area contributed by atoms with Crippen molar-refractivity contribution >= 4 is 11.6 Å². The number of amides is 1. The third-order valence-electron chi connectivity index (χ3n) is 7.88. The van der Waals surface area contributed by atoms with Crippen LogP contribution in [-0.4, -0.2) is 22.1 Å². The normalized spacial score (nSPS) is 12.8. The van der Waals surface area contributed by atoms with Gasteiger partial charge in [0.05, 0.1) is 11.7 Å². The first-order valence-electron chi connectivity index (χ1n) is 14.6. The molecule has 6 aromatic rings. The lowest BCUT2D eigenvalue weighted by molar-refractivity contribution is -0.121. The summed E-state index contributed by atoms with van der Waals surface area (Å²) in [6.07, 6.45) is 3.99. The van der Waals surface area contributed by atoms with E-state index in [4.69, 9.17) is 19.2 Å². The minimum atomic E-state index is -0.323. The summed E-state index contributed by atoms with van der Waals surface area (Å²) in [5, 5.41) is 3.31. The van der Waals surface area contributed by atoms with Crippen molar-refractivity contribution in [3.8, 4) is 17.2 Å². The van der Waals surface area contributed by atoms with Crippen molar-refractivity contribution in [3.63, 3.8) is 0 Å². The van der Waals surface area contributed by atoms with Crippen LogP contribution in [0.2, 0.25) is 0 Å². The predicted octanol–water partition coefficient (Wildman–Crippen LogP) is 7.07. The van der Waals surface area contributed by atoms with Crippen LogP contribution in [0.1, 0.15) is 46.3 Å². The topological polar surface area (TPSA) is 74.1 Å². The van der Waals surface area contributed by atoms with Crippen molar-refractivity contribution in [2.24, 2.45) is 0 Å². The van der Waals surface area contributed by atoms with Gasteiger partial charge in [-0.25, -0.2) is 4.98 Å². The maximum Gasteiger partial charge on any atom is 0.231 e. The lowest BCUT2D eigenvalue weighted by atomic mass is 9.91. The van der Waals surface area contributed by atoms with Crippen LogP contribution in [0.25, 0.3) is 5.65 Å². The molecular formula is C37H31N3O4. The smallest absolute Gasteiger partial charge is 0.231 e. The van der Waals surface area contributed by atoms with E-state index in [1.165, 1.54) is 0 Å². The molecule has 0 spiro atoms. The van der Waals surface area contributed by atoms with Crippen molar-refractivity contribution in [3.05, 3.63) is 162 Å². The van der Waals surface area contributed by atoms with E-state index in [0.29, 0.717) is 29.5 Å².